The van der Waals surface area contributed by atoms with Crippen molar-refractivity contribution in [2.24, 2.45) is 11.8 Å². The standard InChI is InChI=1S/C13H17N3O3/c17-12(9-2-1-3-10(9)13(18)19)16-7-6-15-5-4-14-11(15)8-16/h4-5,9-10H,1-3,6-8H2,(H,18,19)/t9-,10+/m1/s1. The van der Waals surface area contributed by atoms with Crippen LogP contribution in [-0.2, 0) is 22.7 Å². The van der Waals surface area contributed by atoms with Crippen molar-refractivity contribution in [2.45, 2.75) is 32.4 Å². The highest BCUT2D eigenvalue weighted by Crippen LogP contribution is 2.34. The number of carboxylic acids is 1. The molecule has 0 bridgehead atoms. The van der Waals surface area contributed by atoms with Gasteiger partial charge in [0, 0.05) is 25.5 Å². The quantitative estimate of drug-likeness (QED) is 0.853. The Morgan fingerprint density at radius 1 is 1.26 bits per heavy atom. The van der Waals surface area contributed by atoms with E-state index in [-0.39, 0.29) is 11.8 Å². The van der Waals surface area contributed by atoms with Crippen molar-refractivity contribution < 1.29 is 14.7 Å². The number of amides is 1. The molecule has 6 nitrogen and oxygen atoms in total. The Morgan fingerprint density at radius 2 is 2.05 bits per heavy atom. The zero-order valence-electron chi connectivity index (χ0n) is 10.7. The number of nitrogens with zero attached hydrogens (tertiary/aromatic N) is 3. The predicted molar refractivity (Wildman–Crippen MR) is 66.1 cm³/mol. The van der Waals surface area contributed by atoms with E-state index in [0.29, 0.717) is 25.9 Å². The van der Waals surface area contributed by atoms with Crippen LogP contribution in [0, 0.1) is 11.8 Å². The van der Waals surface area contributed by atoms with E-state index >= 15 is 0 Å². The number of fused-ring (bicyclic) bond motifs is 1. The number of rotatable bonds is 2. The smallest absolute Gasteiger partial charge is 0.307 e. The van der Waals surface area contributed by atoms with Gasteiger partial charge in [0.05, 0.1) is 18.4 Å². The molecule has 102 valence electrons. The molecule has 1 aromatic heterocycles. The van der Waals surface area contributed by atoms with Crippen molar-refractivity contribution in [1.29, 1.82) is 0 Å². The summed E-state index contributed by atoms with van der Waals surface area (Å²) < 4.78 is 2.03. The van der Waals surface area contributed by atoms with E-state index in [1.807, 2.05) is 10.8 Å². The fourth-order valence-corrected chi connectivity index (χ4v) is 3.15. The highest BCUT2D eigenvalue weighted by Gasteiger charge is 2.40. The maximum Gasteiger partial charge on any atom is 0.307 e. The molecule has 1 amide bonds. The molecular weight excluding hydrogens is 246 g/mol. The second kappa shape index (κ2) is 4.68. The number of aromatic nitrogens is 2. The van der Waals surface area contributed by atoms with E-state index < -0.39 is 11.9 Å². The first kappa shape index (κ1) is 12.2. The van der Waals surface area contributed by atoms with Gasteiger partial charge in [-0.1, -0.05) is 6.42 Å². The lowest BCUT2D eigenvalue weighted by Crippen LogP contribution is -2.43. The molecule has 2 aliphatic rings. The minimum atomic E-state index is -0.839. The molecule has 0 aromatic carbocycles. The zero-order valence-corrected chi connectivity index (χ0v) is 10.7. The van der Waals surface area contributed by atoms with Crippen LogP contribution < -0.4 is 0 Å². The Balaban J connectivity index is 1.73. The Kier molecular flexibility index (Phi) is 3.00. The number of hydrogen-bond donors (Lipinski definition) is 1. The van der Waals surface area contributed by atoms with E-state index in [0.717, 1.165) is 18.8 Å². The van der Waals surface area contributed by atoms with Gasteiger partial charge in [-0.25, -0.2) is 4.98 Å². The van der Waals surface area contributed by atoms with Crippen molar-refractivity contribution in [2.75, 3.05) is 6.54 Å². The lowest BCUT2D eigenvalue weighted by molar-refractivity contribution is -0.149. The van der Waals surface area contributed by atoms with Crippen LogP contribution in [-0.4, -0.2) is 38.0 Å². The summed E-state index contributed by atoms with van der Waals surface area (Å²) in [6.45, 7) is 1.88. The molecule has 2 atom stereocenters. The molecule has 3 rings (SSSR count). The fraction of sp³-hybridized carbons (Fsp3) is 0.615. The Bertz CT molecular complexity index is 511. The van der Waals surface area contributed by atoms with E-state index in [1.54, 1.807) is 11.1 Å². The van der Waals surface area contributed by atoms with Gasteiger partial charge in [-0.2, -0.15) is 0 Å². The van der Waals surface area contributed by atoms with Gasteiger partial charge in [0.1, 0.15) is 5.82 Å². The fourth-order valence-electron chi connectivity index (χ4n) is 3.15. The van der Waals surface area contributed by atoms with Crippen LogP contribution in [0.5, 0.6) is 0 Å². The Morgan fingerprint density at radius 3 is 2.84 bits per heavy atom. The molecule has 1 aromatic rings. The van der Waals surface area contributed by atoms with Gasteiger partial charge in [0.2, 0.25) is 5.91 Å². The topological polar surface area (TPSA) is 75.4 Å². The number of carboxylic acid groups (broad SMARTS) is 1. The number of carbonyl (C=O) groups is 2. The molecule has 0 unspecified atom stereocenters. The molecule has 0 saturated heterocycles. The first-order valence-corrected chi connectivity index (χ1v) is 6.68. The molecule has 1 aliphatic heterocycles. The SMILES string of the molecule is O=C(O)[C@H]1CCC[C@H]1C(=O)N1CCn2ccnc2C1. The van der Waals surface area contributed by atoms with Gasteiger partial charge in [-0.15, -0.1) is 0 Å². The highest BCUT2D eigenvalue weighted by atomic mass is 16.4. The minimum Gasteiger partial charge on any atom is -0.481 e. The molecule has 6 heteroatoms. The van der Waals surface area contributed by atoms with Crippen LogP contribution in [0.25, 0.3) is 0 Å². The summed E-state index contributed by atoms with van der Waals surface area (Å²) in [6, 6.07) is 0. The number of carbonyl (C=O) groups excluding carboxylic acids is 1. The lowest BCUT2D eigenvalue weighted by Gasteiger charge is -2.30. The Labute approximate surface area is 111 Å². The number of imidazole rings is 1. The molecule has 1 aliphatic carbocycles. The molecule has 0 radical (unpaired) electrons. The normalized spacial score (nSPS) is 26.2. The van der Waals surface area contributed by atoms with E-state index in [2.05, 4.69) is 4.98 Å². The molecule has 1 N–H and O–H groups in total. The van der Waals surface area contributed by atoms with Crippen LogP contribution in [0.3, 0.4) is 0 Å². The highest BCUT2D eigenvalue weighted by molar-refractivity contribution is 5.85. The second-order valence-corrected chi connectivity index (χ2v) is 5.28. The third-order valence-electron chi connectivity index (χ3n) is 4.21. The van der Waals surface area contributed by atoms with Crippen LogP contribution in [0.2, 0.25) is 0 Å². The van der Waals surface area contributed by atoms with Crippen molar-refractivity contribution in [3.8, 4) is 0 Å². The summed E-state index contributed by atoms with van der Waals surface area (Å²) in [4.78, 5) is 29.6. The van der Waals surface area contributed by atoms with Crippen LogP contribution in [0.1, 0.15) is 25.1 Å². The maximum absolute atomic E-state index is 12.5. The maximum atomic E-state index is 12.5. The predicted octanol–water partition coefficient (Wildman–Crippen LogP) is 0.726. The first-order valence-electron chi connectivity index (χ1n) is 6.68. The molecule has 19 heavy (non-hydrogen) atoms. The third kappa shape index (κ3) is 2.11. The van der Waals surface area contributed by atoms with Gasteiger partial charge >= 0.3 is 5.97 Å². The minimum absolute atomic E-state index is 0.0147. The summed E-state index contributed by atoms with van der Waals surface area (Å²) in [5.74, 6) is -0.828. The van der Waals surface area contributed by atoms with Crippen LogP contribution in [0.4, 0.5) is 0 Å². The van der Waals surface area contributed by atoms with Gasteiger partial charge in [0.25, 0.3) is 0 Å². The number of aliphatic carboxylic acids is 1. The molecule has 1 saturated carbocycles. The van der Waals surface area contributed by atoms with Gasteiger partial charge in [-0.05, 0) is 12.8 Å². The van der Waals surface area contributed by atoms with Crippen LogP contribution in [0.15, 0.2) is 12.4 Å². The third-order valence-corrected chi connectivity index (χ3v) is 4.21. The molecule has 1 fully saturated rings. The summed E-state index contributed by atoms with van der Waals surface area (Å²) in [7, 11) is 0. The lowest BCUT2D eigenvalue weighted by atomic mass is 9.94. The Hall–Kier alpha value is -1.85. The van der Waals surface area contributed by atoms with Crippen molar-refractivity contribution >= 4 is 11.9 Å². The second-order valence-electron chi connectivity index (χ2n) is 5.28. The number of hydrogen-bond acceptors (Lipinski definition) is 3. The average molecular weight is 263 g/mol. The summed E-state index contributed by atoms with van der Waals surface area (Å²) in [5, 5.41) is 9.17. The van der Waals surface area contributed by atoms with Gasteiger partial charge in [0.15, 0.2) is 0 Å². The largest absolute Gasteiger partial charge is 0.481 e. The molecule has 2 heterocycles. The van der Waals surface area contributed by atoms with Gasteiger partial charge in [-0.3, -0.25) is 9.59 Å². The van der Waals surface area contributed by atoms with E-state index in [9.17, 15) is 9.59 Å². The van der Waals surface area contributed by atoms with E-state index in [4.69, 9.17) is 5.11 Å². The van der Waals surface area contributed by atoms with Crippen molar-refractivity contribution in [1.82, 2.24) is 14.5 Å². The first-order chi connectivity index (χ1) is 9.16. The van der Waals surface area contributed by atoms with Gasteiger partial charge < -0.3 is 14.6 Å². The zero-order chi connectivity index (χ0) is 13.4. The molecule has 0 spiro atoms. The molecular formula is C13H17N3O3. The van der Waals surface area contributed by atoms with E-state index in [1.165, 1.54) is 0 Å². The van der Waals surface area contributed by atoms with Crippen LogP contribution >= 0.6 is 0 Å². The summed E-state index contributed by atoms with van der Waals surface area (Å²) in [5.41, 5.74) is 0. The summed E-state index contributed by atoms with van der Waals surface area (Å²) in [6.07, 6.45) is 5.79. The van der Waals surface area contributed by atoms with Crippen molar-refractivity contribution in [3.05, 3.63) is 18.2 Å². The average Bonchev–Trinajstić information content (AvgIpc) is 3.05. The monoisotopic (exact) mass is 263 g/mol. The summed E-state index contributed by atoms with van der Waals surface area (Å²) >= 11 is 0. The van der Waals surface area contributed by atoms with Crippen molar-refractivity contribution in [3.63, 3.8) is 0 Å².